The van der Waals surface area contributed by atoms with Crippen molar-refractivity contribution in [1.29, 1.82) is 0 Å². The van der Waals surface area contributed by atoms with Crippen molar-refractivity contribution in [3.63, 3.8) is 0 Å². The van der Waals surface area contributed by atoms with Gasteiger partial charge in [0.1, 0.15) is 5.75 Å². The van der Waals surface area contributed by atoms with Crippen molar-refractivity contribution < 1.29 is 9.53 Å². The summed E-state index contributed by atoms with van der Waals surface area (Å²) >= 11 is 0. The molecule has 1 aromatic rings. The standard InChI is InChI=1S/C14H22N2O2/c1-10-8-11(2)13(9-12(10)15)18-7-5-6-14(17)16(3)4/h8-9H,5-7,15H2,1-4H3. The van der Waals surface area contributed by atoms with E-state index in [-0.39, 0.29) is 5.91 Å². The Bertz CT molecular complexity index is 428. The highest BCUT2D eigenvalue weighted by Gasteiger charge is 2.06. The number of hydrogen-bond donors (Lipinski definition) is 1. The molecule has 0 atom stereocenters. The summed E-state index contributed by atoms with van der Waals surface area (Å²) in [5, 5.41) is 0. The van der Waals surface area contributed by atoms with Gasteiger partial charge in [-0.2, -0.15) is 0 Å². The van der Waals surface area contributed by atoms with Crippen LogP contribution in [0, 0.1) is 13.8 Å². The number of carbonyl (C=O) groups excluding carboxylic acids is 1. The molecule has 0 aliphatic heterocycles. The van der Waals surface area contributed by atoms with E-state index >= 15 is 0 Å². The van der Waals surface area contributed by atoms with Crippen molar-refractivity contribution in [1.82, 2.24) is 4.90 Å². The third-order valence-corrected chi connectivity index (χ3v) is 2.85. The Kier molecular flexibility index (Phi) is 5.01. The molecule has 1 rings (SSSR count). The lowest BCUT2D eigenvalue weighted by molar-refractivity contribution is -0.128. The van der Waals surface area contributed by atoms with Crippen LogP contribution in [0.2, 0.25) is 0 Å². The van der Waals surface area contributed by atoms with E-state index in [0.717, 1.165) is 22.6 Å². The minimum Gasteiger partial charge on any atom is -0.493 e. The molecule has 0 aliphatic carbocycles. The zero-order valence-electron chi connectivity index (χ0n) is 11.6. The molecule has 0 radical (unpaired) electrons. The molecule has 100 valence electrons. The number of anilines is 1. The van der Waals surface area contributed by atoms with E-state index in [0.29, 0.717) is 19.4 Å². The lowest BCUT2D eigenvalue weighted by Gasteiger charge is -2.13. The predicted octanol–water partition coefficient (Wildman–Crippen LogP) is 2.13. The zero-order valence-corrected chi connectivity index (χ0v) is 11.6. The van der Waals surface area contributed by atoms with Gasteiger partial charge in [-0.3, -0.25) is 4.79 Å². The van der Waals surface area contributed by atoms with Crippen molar-refractivity contribution in [3.05, 3.63) is 23.3 Å². The van der Waals surface area contributed by atoms with Gasteiger partial charge in [0, 0.05) is 32.3 Å². The molecule has 4 nitrogen and oxygen atoms in total. The highest BCUT2D eigenvalue weighted by atomic mass is 16.5. The van der Waals surface area contributed by atoms with Crippen LogP contribution >= 0.6 is 0 Å². The number of hydrogen-bond acceptors (Lipinski definition) is 3. The minimum absolute atomic E-state index is 0.124. The van der Waals surface area contributed by atoms with Crippen molar-refractivity contribution in [3.8, 4) is 5.75 Å². The molecule has 0 saturated carbocycles. The molecule has 18 heavy (non-hydrogen) atoms. The van der Waals surface area contributed by atoms with Crippen LogP contribution in [0.3, 0.4) is 0 Å². The predicted molar refractivity (Wildman–Crippen MR) is 73.8 cm³/mol. The van der Waals surface area contributed by atoms with Crippen LogP contribution < -0.4 is 10.5 Å². The molecule has 1 aromatic carbocycles. The molecule has 0 fully saturated rings. The Morgan fingerprint density at radius 2 is 1.94 bits per heavy atom. The number of aryl methyl sites for hydroxylation is 2. The summed E-state index contributed by atoms with van der Waals surface area (Å²) in [4.78, 5) is 13.0. The van der Waals surface area contributed by atoms with Crippen molar-refractivity contribution >= 4 is 11.6 Å². The number of carbonyl (C=O) groups is 1. The second-order valence-electron chi connectivity index (χ2n) is 4.71. The zero-order chi connectivity index (χ0) is 13.7. The Labute approximate surface area is 109 Å². The fraction of sp³-hybridized carbons (Fsp3) is 0.500. The lowest BCUT2D eigenvalue weighted by Crippen LogP contribution is -2.21. The summed E-state index contributed by atoms with van der Waals surface area (Å²) in [7, 11) is 3.52. The molecule has 0 aromatic heterocycles. The van der Waals surface area contributed by atoms with Crippen LogP contribution in [-0.2, 0) is 4.79 Å². The molecule has 2 N–H and O–H groups in total. The van der Waals surface area contributed by atoms with Gasteiger partial charge in [0.05, 0.1) is 6.61 Å². The van der Waals surface area contributed by atoms with E-state index in [1.165, 1.54) is 0 Å². The average Bonchev–Trinajstić information content (AvgIpc) is 2.30. The molecule has 1 amide bonds. The topological polar surface area (TPSA) is 55.6 Å². The number of rotatable bonds is 5. The summed E-state index contributed by atoms with van der Waals surface area (Å²) in [5.74, 6) is 0.925. The van der Waals surface area contributed by atoms with Crippen LogP contribution in [0.4, 0.5) is 5.69 Å². The second kappa shape index (κ2) is 6.28. The van der Waals surface area contributed by atoms with Gasteiger partial charge in [-0.1, -0.05) is 6.07 Å². The quantitative estimate of drug-likeness (QED) is 0.643. The van der Waals surface area contributed by atoms with E-state index in [4.69, 9.17) is 10.5 Å². The average molecular weight is 250 g/mol. The van der Waals surface area contributed by atoms with Gasteiger partial charge < -0.3 is 15.4 Å². The minimum atomic E-state index is 0.124. The Morgan fingerprint density at radius 3 is 2.56 bits per heavy atom. The fourth-order valence-corrected chi connectivity index (χ4v) is 1.63. The molecule has 0 heterocycles. The van der Waals surface area contributed by atoms with Gasteiger partial charge in [0.15, 0.2) is 0 Å². The molecule has 0 bridgehead atoms. The van der Waals surface area contributed by atoms with Crippen LogP contribution in [0.25, 0.3) is 0 Å². The van der Waals surface area contributed by atoms with E-state index in [1.807, 2.05) is 26.0 Å². The highest BCUT2D eigenvalue weighted by Crippen LogP contribution is 2.24. The van der Waals surface area contributed by atoms with Crippen molar-refractivity contribution in [2.45, 2.75) is 26.7 Å². The highest BCUT2D eigenvalue weighted by molar-refractivity contribution is 5.75. The Hall–Kier alpha value is -1.71. The summed E-state index contributed by atoms with van der Waals surface area (Å²) in [6, 6.07) is 3.86. The number of benzene rings is 1. The van der Waals surface area contributed by atoms with Gasteiger partial charge in [0.25, 0.3) is 0 Å². The summed E-state index contributed by atoms with van der Waals surface area (Å²) in [6.45, 7) is 4.50. The van der Waals surface area contributed by atoms with Crippen molar-refractivity contribution in [2.75, 3.05) is 26.4 Å². The second-order valence-corrected chi connectivity index (χ2v) is 4.71. The first-order valence-corrected chi connectivity index (χ1v) is 6.11. The van der Waals surface area contributed by atoms with Crippen LogP contribution in [0.1, 0.15) is 24.0 Å². The van der Waals surface area contributed by atoms with Crippen LogP contribution in [0.15, 0.2) is 12.1 Å². The fourth-order valence-electron chi connectivity index (χ4n) is 1.63. The Balaban J connectivity index is 2.45. The third kappa shape index (κ3) is 3.95. The molecule has 0 saturated heterocycles. The largest absolute Gasteiger partial charge is 0.493 e. The lowest BCUT2D eigenvalue weighted by atomic mass is 10.1. The third-order valence-electron chi connectivity index (χ3n) is 2.85. The first-order chi connectivity index (χ1) is 8.41. The first-order valence-electron chi connectivity index (χ1n) is 6.11. The van der Waals surface area contributed by atoms with E-state index in [2.05, 4.69) is 0 Å². The molecule has 0 spiro atoms. The van der Waals surface area contributed by atoms with Gasteiger partial charge in [-0.25, -0.2) is 0 Å². The summed E-state index contributed by atoms with van der Waals surface area (Å²) in [6.07, 6.45) is 1.22. The van der Waals surface area contributed by atoms with E-state index < -0.39 is 0 Å². The maximum atomic E-state index is 11.4. The SMILES string of the molecule is Cc1cc(C)c(OCCCC(=O)N(C)C)cc1N. The number of nitrogen functional groups attached to an aromatic ring is 1. The van der Waals surface area contributed by atoms with Crippen LogP contribution in [-0.4, -0.2) is 31.5 Å². The maximum absolute atomic E-state index is 11.4. The van der Waals surface area contributed by atoms with Gasteiger partial charge in [-0.15, -0.1) is 0 Å². The molecule has 0 unspecified atom stereocenters. The number of nitrogens with zero attached hydrogens (tertiary/aromatic N) is 1. The number of nitrogens with two attached hydrogens (primary N) is 1. The van der Waals surface area contributed by atoms with E-state index in [9.17, 15) is 4.79 Å². The van der Waals surface area contributed by atoms with Gasteiger partial charge >= 0.3 is 0 Å². The van der Waals surface area contributed by atoms with E-state index in [1.54, 1.807) is 19.0 Å². The molecular weight excluding hydrogens is 228 g/mol. The van der Waals surface area contributed by atoms with Gasteiger partial charge in [-0.05, 0) is 31.4 Å². The van der Waals surface area contributed by atoms with Crippen molar-refractivity contribution in [2.24, 2.45) is 0 Å². The van der Waals surface area contributed by atoms with Crippen LogP contribution in [0.5, 0.6) is 5.75 Å². The normalized spacial score (nSPS) is 10.2. The molecular formula is C14H22N2O2. The maximum Gasteiger partial charge on any atom is 0.222 e. The molecule has 4 heteroatoms. The first kappa shape index (κ1) is 14.4. The van der Waals surface area contributed by atoms with Gasteiger partial charge in [0.2, 0.25) is 5.91 Å². The summed E-state index contributed by atoms with van der Waals surface area (Å²) in [5.41, 5.74) is 8.71. The smallest absolute Gasteiger partial charge is 0.222 e. The monoisotopic (exact) mass is 250 g/mol. The Morgan fingerprint density at radius 1 is 1.28 bits per heavy atom. The number of amides is 1. The number of ether oxygens (including phenoxy) is 1. The summed E-state index contributed by atoms with van der Waals surface area (Å²) < 4.78 is 5.65. The molecule has 0 aliphatic rings.